The van der Waals surface area contributed by atoms with Gasteiger partial charge in [-0.25, -0.2) is 4.98 Å². The number of hydrogen-bond acceptors (Lipinski definition) is 4. The summed E-state index contributed by atoms with van der Waals surface area (Å²) >= 11 is 1.35. The van der Waals surface area contributed by atoms with E-state index in [1.165, 1.54) is 30.2 Å². The molecule has 1 N–H and O–H groups in total. The third-order valence-electron chi connectivity index (χ3n) is 4.66. The van der Waals surface area contributed by atoms with Gasteiger partial charge in [-0.2, -0.15) is 5.26 Å². The van der Waals surface area contributed by atoms with Crippen LogP contribution >= 0.6 is 11.8 Å². The Morgan fingerprint density at radius 1 is 1.38 bits per heavy atom. The molecule has 0 aliphatic heterocycles. The largest absolute Gasteiger partial charge is 0.353 e. The molecule has 1 aromatic carbocycles. The van der Waals surface area contributed by atoms with Gasteiger partial charge in [-0.05, 0) is 43.9 Å². The number of carbonyl (C=O) groups excluding carboxylic acids is 1. The fraction of sp³-hybridized carbons (Fsp3) is 0.421. The summed E-state index contributed by atoms with van der Waals surface area (Å²) in [6.45, 7) is 4.09. The van der Waals surface area contributed by atoms with Crippen molar-refractivity contribution in [3.8, 4) is 6.07 Å². The van der Waals surface area contributed by atoms with E-state index in [4.69, 9.17) is 0 Å². The maximum absolute atomic E-state index is 12.1. The van der Waals surface area contributed by atoms with Crippen LogP contribution in [0.5, 0.6) is 0 Å². The predicted octanol–water partition coefficient (Wildman–Crippen LogP) is 3.87. The monoisotopic (exact) mass is 339 g/mol. The molecule has 0 saturated heterocycles. The molecule has 1 heterocycles. The van der Waals surface area contributed by atoms with Gasteiger partial charge in [0, 0.05) is 11.4 Å². The summed E-state index contributed by atoms with van der Waals surface area (Å²) in [7, 11) is 0. The number of rotatable bonds is 4. The van der Waals surface area contributed by atoms with Crippen molar-refractivity contribution >= 4 is 28.6 Å². The molecule has 0 radical (unpaired) electrons. The van der Waals surface area contributed by atoms with Gasteiger partial charge in [0.05, 0.1) is 16.8 Å². The number of carbonyl (C=O) groups is 1. The van der Waals surface area contributed by atoms with Crippen molar-refractivity contribution in [1.82, 2.24) is 10.3 Å². The first kappa shape index (κ1) is 16.8. The van der Waals surface area contributed by atoms with Crippen molar-refractivity contribution in [1.29, 1.82) is 5.26 Å². The second-order valence-corrected chi connectivity index (χ2v) is 7.33. The molecule has 24 heavy (non-hydrogen) atoms. The van der Waals surface area contributed by atoms with Gasteiger partial charge in [0.2, 0.25) is 5.91 Å². The molecule has 0 atom stereocenters. The molecule has 1 amide bonds. The van der Waals surface area contributed by atoms with E-state index in [0.717, 1.165) is 29.3 Å². The standard InChI is InChI=1S/C19H21N3OS/c1-12-7-8-14-9-15(10-20)19(22-18(14)13(12)2)24-11-17(23)21-16-5-3-4-6-16/h7-9,16H,3-6,11H2,1-2H3,(H,21,23). The van der Waals surface area contributed by atoms with E-state index >= 15 is 0 Å². The second-order valence-electron chi connectivity index (χ2n) is 6.37. The number of thioether (sulfide) groups is 1. The van der Waals surface area contributed by atoms with E-state index in [9.17, 15) is 10.1 Å². The van der Waals surface area contributed by atoms with Crippen LogP contribution < -0.4 is 5.32 Å². The van der Waals surface area contributed by atoms with Crippen LogP contribution in [0.25, 0.3) is 10.9 Å². The molecule has 5 heteroatoms. The lowest BCUT2D eigenvalue weighted by atomic mass is 10.0. The van der Waals surface area contributed by atoms with Crippen molar-refractivity contribution in [3.05, 3.63) is 34.9 Å². The number of nitriles is 1. The number of amides is 1. The lowest BCUT2D eigenvalue weighted by molar-refractivity contribution is -0.119. The van der Waals surface area contributed by atoms with Crippen LogP contribution in [0.1, 0.15) is 42.4 Å². The number of nitrogens with one attached hydrogen (secondary N) is 1. The highest BCUT2D eigenvalue weighted by atomic mass is 32.2. The average Bonchev–Trinajstić information content (AvgIpc) is 3.08. The summed E-state index contributed by atoms with van der Waals surface area (Å²) in [5.74, 6) is 0.327. The Morgan fingerprint density at radius 2 is 2.12 bits per heavy atom. The molecule has 0 unspecified atom stereocenters. The van der Waals surface area contributed by atoms with Gasteiger partial charge in [0.25, 0.3) is 0 Å². The number of fused-ring (bicyclic) bond motifs is 1. The average molecular weight is 339 g/mol. The van der Waals surface area contributed by atoms with E-state index in [0.29, 0.717) is 22.4 Å². The maximum Gasteiger partial charge on any atom is 0.230 e. The normalized spacial score (nSPS) is 14.7. The van der Waals surface area contributed by atoms with Crippen LogP contribution in [-0.4, -0.2) is 22.7 Å². The number of pyridine rings is 1. The molecule has 4 nitrogen and oxygen atoms in total. The first-order chi connectivity index (χ1) is 11.6. The van der Waals surface area contributed by atoms with E-state index in [2.05, 4.69) is 23.3 Å². The summed E-state index contributed by atoms with van der Waals surface area (Å²) in [4.78, 5) is 16.8. The lowest BCUT2D eigenvalue weighted by Gasteiger charge is -2.12. The van der Waals surface area contributed by atoms with Gasteiger partial charge in [-0.15, -0.1) is 0 Å². The first-order valence-corrected chi connectivity index (χ1v) is 9.30. The third-order valence-corrected chi connectivity index (χ3v) is 5.65. The Bertz CT molecular complexity index is 819. The van der Waals surface area contributed by atoms with E-state index in [-0.39, 0.29) is 5.91 Å². The molecule has 0 spiro atoms. The van der Waals surface area contributed by atoms with Crippen LogP contribution in [0.2, 0.25) is 0 Å². The molecule has 2 aromatic rings. The van der Waals surface area contributed by atoms with Crippen LogP contribution in [0.15, 0.2) is 23.2 Å². The van der Waals surface area contributed by atoms with Gasteiger partial charge in [0.15, 0.2) is 0 Å². The summed E-state index contributed by atoms with van der Waals surface area (Å²) in [5, 5.41) is 14.1. The van der Waals surface area contributed by atoms with Gasteiger partial charge in [0.1, 0.15) is 11.1 Å². The molecule has 3 rings (SSSR count). The third kappa shape index (κ3) is 3.54. The molecule has 124 valence electrons. The second kappa shape index (κ2) is 7.23. The number of aryl methyl sites for hydroxylation is 2. The van der Waals surface area contributed by atoms with E-state index in [1.54, 1.807) is 0 Å². The van der Waals surface area contributed by atoms with Crippen LogP contribution in [0.3, 0.4) is 0 Å². The van der Waals surface area contributed by atoms with E-state index < -0.39 is 0 Å². The Balaban J connectivity index is 1.79. The summed E-state index contributed by atoms with van der Waals surface area (Å²) in [6.07, 6.45) is 4.54. The van der Waals surface area contributed by atoms with Gasteiger partial charge < -0.3 is 5.32 Å². The summed E-state index contributed by atoms with van der Waals surface area (Å²) in [5.41, 5.74) is 3.74. The fourth-order valence-electron chi connectivity index (χ4n) is 3.13. The number of nitrogens with zero attached hydrogens (tertiary/aromatic N) is 2. The summed E-state index contributed by atoms with van der Waals surface area (Å²) in [6, 6.07) is 8.43. The van der Waals surface area contributed by atoms with Gasteiger partial charge in [-0.1, -0.05) is 36.7 Å². The minimum Gasteiger partial charge on any atom is -0.353 e. The molecule has 1 aliphatic carbocycles. The molecular formula is C19H21N3OS. The number of benzene rings is 1. The van der Waals surface area contributed by atoms with Crippen molar-refractivity contribution < 1.29 is 4.79 Å². The Hall–Kier alpha value is -2.06. The molecule has 1 aliphatic rings. The molecule has 1 saturated carbocycles. The fourth-order valence-corrected chi connectivity index (χ4v) is 3.90. The first-order valence-electron chi connectivity index (χ1n) is 8.31. The highest BCUT2D eigenvalue weighted by Crippen LogP contribution is 2.27. The van der Waals surface area contributed by atoms with Gasteiger partial charge >= 0.3 is 0 Å². The number of hydrogen-bond donors (Lipinski definition) is 1. The lowest BCUT2D eigenvalue weighted by Crippen LogP contribution is -2.33. The SMILES string of the molecule is Cc1ccc2cc(C#N)c(SCC(=O)NC3CCCC3)nc2c1C. The molecular weight excluding hydrogens is 318 g/mol. The van der Waals surface area contributed by atoms with Crippen molar-refractivity contribution in [2.45, 2.75) is 50.6 Å². The smallest absolute Gasteiger partial charge is 0.230 e. The van der Waals surface area contributed by atoms with Crippen LogP contribution in [-0.2, 0) is 4.79 Å². The minimum absolute atomic E-state index is 0.0265. The minimum atomic E-state index is 0.0265. The van der Waals surface area contributed by atoms with Crippen molar-refractivity contribution in [2.24, 2.45) is 0 Å². The molecule has 1 aromatic heterocycles. The zero-order valence-electron chi connectivity index (χ0n) is 14.1. The van der Waals surface area contributed by atoms with Crippen LogP contribution in [0.4, 0.5) is 0 Å². The zero-order chi connectivity index (χ0) is 17.1. The quantitative estimate of drug-likeness (QED) is 0.859. The molecule has 1 fully saturated rings. The topological polar surface area (TPSA) is 65.8 Å². The Morgan fingerprint density at radius 3 is 2.83 bits per heavy atom. The molecule has 0 bridgehead atoms. The van der Waals surface area contributed by atoms with Crippen molar-refractivity contribution in [3.63, 3.8) is 0 Å². The van der Waals surface area contributed by atoms with Crippen LogP contribution in [0, 0.1) is 25.2 Å². The zero-order valence-corrected chi connectivity index (χ0v) is 14.9. The maximum atomic E-state index is 12.1. The highest BCUT2D eigenvalue weighted by molar-refractivity contribution is 8.00. The Kier molecular flexibility index (Phi) is 5.06. The Labute approximate surface area is 146 Å². The van der Waals surface area contributed by atoms with E-state index in [1.807, 2.05) is 25.1 Å². The number of aromatic nitrogens is 1. The predicted molar refractivity (Wildman–Crippen MR) is 97.1 cm³/mol. The van der Waals surface area contributed by atoms with Gasteiger partial charge in [-0.3, -0.25) is 4.79 Å². The summed E-state index contributed by atoms with van der Waals surface area (Å²) < 4.78 is 0. The highest BCUT2D eigenvalue weighted by Gasteiger charge is 2.18. The van der Waals surface area contributed by atoms with Crippen molar-refractivity contribution in [2.75, 3.05) is 5.75 Å².